The second kappa shape index (κ2) is 6.49. The number of carbonyl (C=O) groups excluding carboxylic acids is 1. The average Bonchev–Trinajstić information content (AvgIpc) is 2.22. The lowest BCUT2D eigenvalue weighted by Crippen LogP contribution is -2.35. The first-order chi connectivity index (χ1) is 8.02. The van der Waals surface area contributed by atoms with Crippen LogP contribution in [-0.4, -0.2) is 24.0 Å². The first-order valence-corrected chi connectivity index (χ1v) is 6.74. The molecule has 1 rings (SSSR count). The molecule has 1 amide bonds. The van der Waals surface area contributed by atoms with E-state index in [-0.39, 0.29) is 5.82 Å². The second-order valence-corrected chi connectivity index (χ2v) is 4.88. The van der Waals surface area contributed by atoms with Crippen LogP contribution >= 0.6 is 11.8 Å². The van der Waals surface area contributed by atoms with Crippen molar-refractivity contribution in [2.75, 3.05) is 17.3 Å². The van der Waals surface area contributed by atoms with Crippen LogP contribution in [0.15, 0.2) is 18.2 Å². The molecule has 0 heterocycles. The Bertz CT molecular complexity index is 378. The van der Waals surface area contributed by atoms with Crippen LogP contribution in [0, 0.1) is 12.7 Å². The van der Waals surface area contributed by atoms with E-state index >= 15 is 0 Å². The van der Waals surface area contributed by atoms with Gasteiger partial charge < -0.3 is 11.1 Å². The van der Waals surface area contributed by atoms with Gasteiger partial charge in [0.1, 0.15) is 11.9 Å². The van der Waals surface area contributed by atoms with Crippen molar-refractivity contribution < 1.29 is 9.18 Å². The summed E-state index contributed by atoms with van der Waals surface area (Å²) < 4.78 is 13.2. The number of primary amides is 1. The largest absolute Gasteiger partial charge is 0.374 e. The van der Waals surface area contributed by atoms with E-state index in [9.17, 15) is 9.18 Å². The third kappa shape index (κ3) is 4.65. The molecular weight excluding hydrogens is 239 g/mol. The minimum absolute atomic E-state index is 0.319. The lowest BCUT2D eigenvalue weighted by atomic mass is 10.1. The summed E-state index contributed by atoms with van der Waals surface area (Å²) in [6.07, 6.45) is 2.59. The maximum Gasteiger partial charge on any atom is 0.239 e. The number of anilines is 1. The van der Waals surface area contributed by atoms with Gasteiger partial charge in [0.2, 0.25) is 5.91 Å². The summed E-state index contributed by atoms with van der Waals surface area (Å²) in [5, 5.41) is 2.97. The maximum atomic E-state index is 13.2. The lowest BCUT2D eigenvalue weighted by molar-refractivity contribution is -0.118. The van der Waals surface area contributed by atoms with E-state index in [1.54, 1.807) is 24.8 Å². The van der Waals surface area contributed by atoms with Crippen molar-refractivity contribution in [3.63, 3.8) is 0 Å². The van der Waals surface area contributed by atoms with E-state index in [0.717, 1.165) is 11.3 Å². The molecule has 94 valence electrons. The fourth-order valence-corrected chi connectivity index (χ4v) is 2.01. The molecule has 1 aromatic carbocycles. The summed E-state index contributed by atoms with van der Waals surface area (Å²) in [4.78, 5) is 11.2. The van der Waals surface area contributed by atoms with Crippen LogP contribution in [0.4, 0.5) is 10.1 Å². The summed E-state index contributed by atoms with van der Waals surface area (Å²) in [6, 6.07) is 4.13. The number of thioether (sulfide) groups is 1. The molecule has 5 heteroatoms. The van der Waals surface area contributed by atoms with Crippen molar-refractivity contribution in [2.45, 2.75) is 19.4 Å². The fraction of sp³-hybridized carbons (Fsp3) is 0.417. The molecular formula is C12H17FN2OS. The van der Waals surface area contributed by atoms with Crippen LogP contribution in [0.2, 0.25) is 0 Å². The second-order valence-electron chi connectivity index (χ2n) is 3.90. The predicted molar refractivity (Wildman–Crippen MR) is 70.7 cm³/mol. The quantitative estimate of drug-likeness (QED) is 0.820. The number of amides is 1. The van der Waals surface area contributed by atoms with Crippen LogP contribution in [0.25, 0.3) is 0 Å². The molecule has 0 aromatic heterocycles. The minimum atomic E-state index is -0.455. The zero-order valence-electron chi connectivity index (χ0n) is 10.00. The number of hydrogen-bond donors (Lipinski definition) is 2. The van der Waals surface area contributed by atoms with Gasteiger partial charge in [-0.2, -0.15) is 11.8 Å². The molecule has 1 atom stereocenters. The molecule has 0 aliphatic carbocycles. The molecule has 0 radical (unpaired) electrons. The first kappa shape index (κ1) is 13.8. The fourth-order valence-electron chi connectivity index (χ4n) is 1.54. The van der Waals surface area contributed by atoms with Crippen LogP contribution in [0.1, 0.15) is 12.0 Å². The molecule has 0 bridgehead atoms. The van der Waals surface area contributed by atoms with Gasteiger partial charge in [0.25, 0.3) is 0 Å². The monoisotopic (exact) mass is 256 g/mol. The van der Waals surface area contributed by atoms with Gasteiger partial charge in [-0.3, -0.25) is 4.79 Å². The van der Waals surface area contributed by atoms with Crippen LogP contribution < -0.4 is 11.1 Å². The van der Waals surface area contributed by atoms with E-state index in [1.165, 1.54) is 12.1 Å². The Hall–Kier alpha value is -1.23. The van der Waals surface area contributed by atoms with E-state index < -0.39 is 11.9 Å². The molecule has 0 fully saturated rings. The van der Waals surface area contributed by atoms with E-state index in [4.69, 9.17) is 5.73 Å². The van der Waals surface area contributed by atoms with Crippen LogP contribution in [0.3, 0.4) is 0 Å². The van der Waals surface area contributed by atoms with E-state index in [0.29, 0.717) is 12.1 Å². The normalized spacial score (nSPS) is 12.2. The van der Waals surface area contributed by atoms with Crippen LogP contribution in [0.5, 0.6) is 0 Å². The zero-order valence-corrected chi connectivity index (χ0v) is 10.8. The standard InChI is InChI=1S/C12H17FN2OS/c1-8-5-9(13)7-10(6-8)15-11(12(14)16)3-4-17-2/h5-7,11,15H,3-4H2,1-2H3,(H2,14,16). The molecule has 0 saturated heterocycles. The number of aryl methyl sites for hydroxylation is 1. The molecule has 0 aliphatic rings. The molecule has 17 heavy (non-hydrogen) atoms. The van der Waals surface area contributed by atoms with Crippen molar-refractivity contribution in [2.24, 2.45) is 5.73 Å². The van der Waals surface area contributed by atoms with Gasteiger partial charge in [0, 0.05) is 5.69 Å². The molecule has 0 aliphatic heterocycles. The summed E-state index contributed by atoms with van der Waals surface area (Å²) in [7, 11) is 0. The van der Waals surface area contributed by atoms with Gasteiger partial charge in [0.15, 0.2) is 0 Å². The number of rotatable bonds is 6. The Morgan fingerprint density at radius 1 is 1.53 bits per heavy atom. The summed E-state index contributed by atoms with van der Waals surface area (Å²) in [6.45, 7) is 1.80. The zero-order chi connectivity index (χ0) is 12.8. The number of nitrogens with two attached hydrogens (primary N) is 1. The van der Waals surface area contributed by atoms with Crippen molar-refractivity contribution in [1.29, 1.82) is 0 Å². The van der Waals surface area contributed by atoms with E-state index in [1.807, 2.05) is 6.26 Å². The maximum absolute atomic E-state index is 13.2. The minimum Gasteiger partial charge on any atom is -0.374 e. The average molecular weight is 256 g/mol. The topological polar surface area (TPSA) is 55.1 Å². The van der Waals surface area contributed by atoms with Gasteiger partial charge in [-0.1, -0.05) is 0 Å². The third-order valence-electron chi connectivity index (χ3n) is 2.34. The summed E-state index contributed by atoms with van der Waals surface area (Å²) in [5.74, 6) is 0.0936. The first-order valence-electron chi connectivity index (χ1n) is 5.35. The van der Waals surface area contributed by atoms with Gasteiger partial charge >= 0.3 is 0 Å². The number of nitrogens with one attached hydrogen (secondary N) is 1. The van der Waals surface area contributed by atoms with Gasteiger partial charge in [-0.15, -0.1) is 0 Å². The summed E-state index contributed by atoms with van der Waals surface area (Å²) >= 11 is 1.64. The Labute approximate surface area is 105 Å². The number of carbonyl (C=O) groups is 1. The highest BCUT2D eigenvalue weighted by molar-refractivity contribution is 7.98. The van der Waals surface area contributed by atoms with E-state index in [2.05, 4.69) is 5.32 Å². The SMILES string of the molecule is CSCCC(Nc1cc(C)cc(F)c1)C(N)=O. The highest BCUT2D eigenvalue weighted by Crippen LogP contribution is 2.15. The number of hydrogen-bond acceptors (Lipinski definition) is 3. The van der Waals surface area contributed by atoms with Crippen molar-refractivity contribution in [3.8, 4) is 0 Å². The highest BCUT2D eigenvalue weighted by atomic mass is 32.2. The Kier molecular flexibility index (Phi) is 5.28. The summed E-state index contributed by atoms with van der Waals surface area (Å²) in [5.41, 5.74) is 6.69. The highest BCUT2D eigenvalue weighted by Gasteiger charge is 2.14. The lowest BCUT2D eigenvalue weighted by Gasteiger charge is -2.16. The van der Waals surface area contributed by atoms with Gasteiger partial charge in [-0.05, 0) is 49.1 Å². The van der Waals surface area contributed by atoms with Gasteiger partial charge in [-0.25, -0.2) is 4.39 Å². The van der Waals surface area contributed by atoms with Crippen molar-refractivity contribution in [1.82, 2.24) is 0 Å². The number of benzene rings is 1. The Morgan fingerprint density at radius 3 is 2.76 bits per heavy atom. The predicted octanol–water partition coefficient (Wildman–Crippen LogP) is 2.15. The molecule has 3 N–H and O–H groups in total. The molecule has 0 spiro atoms. The molecule has 1 unspecified atom stereocenters. The number of halogens is 1. The molecule has 3 nitrogen and oxygen atoms in total. The Balaban J connectivity index is 2.74. The molecule has 1 aromatic rings. The van der Waals surface area contributed by atoms with Crippen molar-refractivity contribution >= 4 is 23.4 Å². The molecule has 0 saturated carbocycles. The smallest absolute Gasteiger partial charge is 0.239 e. The third-order valence-corrected chi connectivity index (χ3v) is 2.98. The van der Waals surface area contributed by atoms with Crippen LogP contribution in [-0.2, 0) is 4.79 Å². The van der Waals surface area contributed by atoms with Gasteiger partial charge in [0.05, 0.1) is 0 Å². The van der Waals surface area contributed by atoms with Crippen molar-refractivity contribution in [3.05, 3.63) is 29.6 Å². The Morgan fingerprint density at radius 2 is 2.24 bits per heavy atom.